The molecule has 0 aromatic rings. The van der Waals surface area contributed by atoms with Crippen LogP contribution in [0.15, 0.2) is 0 Å². The number of ether oxygens (including phenoxy) is 6. The summed E-state index contributed by atoms with van der Waals surface area (Å²) in [6.45, 7) is 26.3. The van der Waals surface area contributed by atoms with E-state index in [1.807, 2.05) is 34.6 Å². The Morgan fingerprint density at radius 1 is 0.852 bits per heavy atom. The van der Waals surface area contributed by atoms with Gasteiger partial charge in [0.15, 0.2) is 18.7 Å². The zero-order chi connectivity index (χ0) is 41.0. The van der Waals surface area contributed by atoms with Gasteiger partial charge in [0.05, 0.1) is 30.3 Å². The maximum atomic E-state index is 15.5. The highest BCUT2D eigenvalue weighted by Crippen LogP contribution is 2.51. The van der Waals surface area contributed by atoms with Gasteiger partial charge in [-0.25, -0.2) is 15.6 Å². The number of esters is 1. The van der Waals surface area contributed by atoms with Gasteiger partial charge in [-0.15, -0.1) is 0 Å². The molecule has 11 nitrogen and oxygen atoms in total. The summed E-state index contributed by atoms with van der Waals surface area (Å²) in [6, 6.07) is -2.02. The minimum Gasteiger partial charge on any atom is -0.457 e. The molecule has 4 heterocycles. The fourth-order valence-electron chi connectivity index (χ4n) is 9.84. The summed E-state index contributed by atoms with van der Waals surface area (Å²) < 4.78 is 84.1. The topological polar surface area (TPSA) is 136 Å². The maximum absolute atomic E-state index is 15.5. The minimum atomic E-state index is -5.28. The molecule has 4 aliphatic rings. The van der Waals surface area contributed by atoms with Gasteiger partial charge < -0.3 is 28.4 Å². The van der Waals surface area contributed by atoms with Crippen molar-refractivity contribution in [3.63, 3.8) is 0 Å². The number of hydrogen-bond acceptors (Lipinski definition) is 10. The normalized spacial score (nSPS) is 45.3. The Morgan fingerprint density at radius 2 is 1.46 bits per heavy atom. The summed E-state index contributed by atoms with van der Waals surface area (Å²) in [4.78, 5) is 41.7. The number of halogens is 3. The Morgan fingerprint density at radius 3 is 2.02 bits per heavy atom. The van der Waals surface area contributed by atoms with Crippen LogP contribution in [0.5, 0.6) is 0 Å². The molecule has 0 aromatic heterocycles. The lowest BCUT2D eigenvalue weighted by Gasteiger charge is -2.49. The standard InChI is InChI=1S/C40H67F3N2O9/c1-15-28-39(40(41,42)43)32(45(44)36(48)54-39)23(6)30(46)20(3)17-38(13,14)33(53-35-22(5)19(2)16-21(4)49-35)24(7)31(25(8)34(47)51-28)52-29-18-37(11,12)26(9)27(10)50-29/h19-29,31-33,35H,15-18,44H2,1-14H3/t19-,20+,21+,22+,23-,24-,25+,26-,27-,28+,29?,31-,32+,33+,35?,39+/m0/s1. The minimum absolute atomic E-state index is 0.0131. The van der Waals surface area contributed by atoms with Crippen LogP contribution in [0.1, 0.15) is 123 Å². The molecule has 2 N–H and O–H groups in total. The van der Waals surface area contributed by atoms with E-state index in [1.54, 1.807) is 13.8 Å². The summed E-state index contributed by atoms with van der Waals surface area (Å²) in [7, 11) is 0. The molecule has 54 heavy (non-hydrogen) atoms. The van der Waals surface area contributed by atoms with Crippen molar-refractivity contribution in [1.82, 2.24) is 5.01 Å². The van der Waals surface area contributed by atoms with Crippen molar-refractivity contribution in [3.05, 3.63) is 0 Å². The number of carbonyl (C=O) groups excluding carboxylic acids is 3. The fraction of sp³-hybridized carbons (Fsp3) is 0.925. The van der Waals surface area contributed by atoms with Gasteiger partial charge in [0, 0.05) is 30.1 Å². The van der Waals surface area contributed by atoms with Gasteiger partial charge in [0.1, 0.15) is 11.8 Å². The van der Waals surface area contributed by atoms with Crippen LogP contribution in [-0.2, 0) is 38.0 Å². The molecular weight excluding hydrogens is 709 g/mol. The lowest BCUT2D eigenvalue weighted by atomic mass is 9.68. The van der Waals surface area contributed by atoms with Crippen LogP contribution in [0.25, 0.3) is 0 Å². The van der Waals surface area contributed by atoms with Crippen molar-refractivity contribution < 1.29 is 56.0 Å². The SMILES string of the molecule is CC[C@H]1OC(=O)[C@H](C)[C@@H](OC2CC(C)(C)[C@@H](C)[C@H](C)O2)[C@H](C)[C@@H](OC2O[C@H](C)C[C@H](C)[C@H]2C)C(C)(C)C[C@@H](C)C(=O)[C@H](C)[C@H]2N(N)C(=O)O[C@]12C(F)(F)F. The molecule has 312 valence electrons. The van der Waals surface area contributed by atoms with Gasteiger partial charge in [-0.1, -0.05) is 76.2 Å². The van der Waals surface area contributed by atoms with Crippen LogP contribution in [0, 0.1) is 52.3 Å². The highest BCUT2D eigenvalue weighted by Gasteiger charge is 2.75. The van der Waals surface area contributed by atoms with Crippen LogP contribution in [0.4, 0.5) is 18.0 Å². The average molecular weight is 777 g/mol. The first kappa shape index (κ1) is 44.7. The van der Waals surface area contributed by atoms with Crippen molar-refractivity contribution in [1.29, 1.82) is 0 Å². The molecule has 0 bridgehead atoms. The van der Waals surface area contributed by atoms with Crippen LogP contribution in [-0.4, -0.2) is 83.8 Å². The summed E-state index contributed by atoms with van der Waals surface area (Å²) in [5.74, 6) is 0.986. The van der Waals surface area contributed by atoms with Crippen LogP contribution in [0.3, 0.4) is 0 Å². The molecule has 2 unspecified atom stereocenters. The van der Waals surface area contributed by atoms with Crippen molar-refractivity contribution in [2.24, 2.45) is 58.1 Å². The number of cyclic esters (lactones) is 1. The number of nitrogens with two attached hydrogens (primary N) is 1. The lowest BCUT2D eigenvalue weighted by Crippen LogP contribution is -2.67. The number of Topliss-reactive ketones (excluding diaryl/α,β-unsaturated/α-hetero) is 1. The summed E-state index contributed by atoms with van der Waals surface area (Å²) in [5.41, 5.74) is -4.45. The molecule has 4 aliphatic heterocycles. The second kappa shape index (κ2) is 16.1. The van der Waals surface area contributed by atoms with E-state index in [-0.39, 0.29) is 41.8 Å². The van der Waals surface area contributed by atoms with E-state index in [9.17, 15) is 14.4 Å². The zero-order valence-electron chi connectivity index (χ0n) is 34.8. The summed E-state index contributed by atoms with van der Waals surface area (Å²) >= 11 is 0. The monoisotopic (exact) mass is 776 g/mol. The second-order valence-corrected chi connectivity index (χ2v) is 18.6. The summed E-state index contributed by atoms with van der Waals surface area (Å²) in [6.07, 6.45) is -10.9. The smallest absolute Gasteiger partial charge is 0.434 e. The maximum Gasteiger partial charge on any atom is 0.434 e. The third-order valence-corrected chi connectivity index (χ3v) is 13.6. The largest absolute Gasteiger partial charge is 0.457 e. The van der Waals surface area contributed by atoms with E-state index >= 15 is 13.2 Å². The predicted octanol–water partition coefficient (Wildman–Crippen LogP) is 7.82. The second-order valence-electron chi connectivity index (χ2n) is 18.6. The molecular formula is C40H67F3N2O9. The number of fused-ring (bicyclic) bond motifs is 1. The third kappa shape index (κ3) is 8.34. The summed E-state index contributed by atoms with van der Waals surface area (Å²) in [5, 5.41) is 0.327. The highest BCUT2D eigenvalue weighted by atomic mass is 19.4. The first-order valence-corrected chi connectivity index (χ1v) is 19.9. The molecule has 4 fully saturated rings. The number of alkyl halides is 3. The van der Waals surface area contributed by atoms with Gasteiger partial charge in [0.2, 0.25) is 0 Å². The average Bonchev–Trinajstić information content (AvgIpc) is 3.33. The van der Waals surface area contributed by atoms with Gasteiger partial charge in [-0.2, -0.15) is 13.2 Å². The highest BCUT2D eigenvalue weighted by molar-refractivity contribution is 5.85. The molecule has 1 amide bonds. The van der Waals surface area contributed by atoms with Gasteiger partial charge >= 0.3 is 18.2 Å². The van der Waals surface area contributed by atoms with E-state index < -0.39 is 102 Å². The number of nitrogens with zero attached hydrogens (tertiary/aromatic N) is 1. The van der Waals surface area contributed by atoms with E-state index in [4.69, 9.17) is 34.3 Å². The molecule has 0 radical (unpaired) electrons. The zero-order valence-corrected chi connectivity index (χ0v) is 34.8. The van der Waals surface area contributed by atoms with Crippen LogP contribution >= 0.6 is 0 Å². The van der Waals surface area contributed by atoms with E-state index in [0.717, 1.165) is 6.42 Å². The molecule has 4 rings (SSSR count). The molecule has 0 aliphatic carbocycles. The Hall–Kier alpha value is -2.00. The molecule has 14 heteroatoms. The fourth-order valence-corrected chi connectivity index (χ4v) is 9.84. The third-order valence-electron chi connectivity index (χ3n) is 13.6. The predicted molar refractivity (Wildman–Crippen MR) is 194 cm³/mol. The number of hydrazine groups is 1. The number of amides is 1. The van der Waals surface area contributed by atoms with Gasteiger partial charge in [-0.3, -0.25) is 9.59 Å². The van der Waals surface area contributed by atoms with Crippen molar-refractivity contribution in [3.8, 4) is 0 Å². The first-order chi connectivity index (χ1) is 24.7. The number of ketones is 1. The van der Waals surface area contributed by atoms with Gasteiger partial charge in [-0.05, 0) is 62.7 Å². The Balaban J connectivity index is 1.90. The van der Waals surface area contributed by atoms with Crippen molar-refractivity contribution in [2.45, 2.75) is 184 Å². The first-order valence-electron chi connectivity index (χ1n) is 19.9. The Kier molecular flexibility index (Phi) is 13.3. The van der Waals surface area contributed by atoms with Gasteiger partial charge in [0.25, 0.3) is 5.60 Å². The molecule has 0 saturated carbocycles. The van der Waals surface area contributed by atoms with E-state index in [2.05, 4.69) is 34.6 Å². The van der Waals surface area contributed by atoms with Crippen molar-refractivity contribution >= 4 is 17.8 Å². The van der Waals surface area contributed by atoms with E-state index in [0.29, 0.717) is 11.4 Å². The van der Waals surface area contributed by atoms with Crippen molar-refractivity contribution in [2.75, 3.05) is 0 Å². The van der Waals surface area contributed by atoms with Crippen LogP contribution < -0.4 is 5.84 Å². The molecule has 4 saturated heterocycles. The number of rotatable bonds is 5. The Bertz CT molecular complexity index is 1360. The molecule has 0 spiro atoms. The Labute approximate surface area is 320 Å². The number of hydrogen-bond donors (Lipinski definition) is 1. The molecule has 0 aromatic carbocycles. The molecule has 16 atom stereocenters. The number of carbonyl (C=O) groups is 3. The lowest BCUT2D eigenvalue weighted by molar-refractivity contribution is -0.299. The quantitative estimate of drug-likeness (QED) is 0.167. The van der Waals surface area contributed by atoms with Crippen LogP contribution in [0.2, 0.25) is 0 Å². The van der Waals surface area contributed by atoms with E-state index in [1.165, 1.54) is 13.8 Å².